The highest BCUT2D eigenvalue weighted by molar-refractivity contribution is 7.89. The van der Waals surface area contributed by atoms with E-state index >= 15 is 0 Å². The standard InChI is InChI=1S/C23H29N3O4S/c1-18-7-8-20(16-22(18)31(28,29)26-11-13-30-14-12-26)24-23(27)17-25-10-9-21(25)15-19-5-3-2-4-6-19/h2-8,16,21H,9-15,17H2,1H3,(H,24,27). The molecule has 2 heterocycles. The summed E-state index contributed by atoms with van der Waals surface area (Å²) in [6, 6.07) is 15.7. The number of aryl methyl sites for hydroxylation is 1. The molecule has 1 N–H and O–H groups in total. The van der Waals surface area contributed by atoms with Crippen molar-refractivity contribution in [3.05, 3.63) is 59.7 Å². The molecule has 31 heavy (non-hydrogen) atoms. The summed E-state index contributed by atoms with van der Waals surface area (Å²) in [7, 11) is -3.62. The number of morpholine rings is 1. The second-order valence-corrected chi connectivity index (χ2v) is 10.1. The molecule has 2 aliphatic rings. The number of hydrogen-bond donors (Lipinski definition) is 1. The van der Waals surface area contributed by atoms with E-state index in [4.69, 9.17) is 4.74 Å². The average Bonchev–Trinajstić information content (AvgIpc) is 2.77. The summed E-state index contributed by atoms with van der Waals surface area (Å²) in [5.41, 5.74) is 2.44. The van der Waals surface area contributed by atoms with Crippen LogP contribution in [-0.2, 0) is 26.0 Å². The zero-order valence-electron chi connectivity index (χ0n) is 17.8. The van der Waals surface area contributed by atoms with Crippen molar-refractivity contribution in [3.8, 4) is 0 Å². The van der Waals surface area contributed by atoms with Gasteiger partial charge in [-0.2, -0.15) is 4.31 Å². The fraction of sp³-hybridized carbons (Fsp3) is 0.435. The Labute approximate surface area is 184 Å². The number of nitrogens with one attached hydrogen (secondary N) is 1. The smallest absolute Gasteiger partial charge is 0.243 e. The van der Waals surface area contributed by atoms with Gasteiger partial charge in [0.05, 0.1) is 24.7 Å². The summed E-state index contributed by atoms with van der Waals surface area (Å²) in [6.07, 6.45) is 2.01. The van der Waals surface area contributed by atoms with E-state index in [-0.39, 0.29) is 10.8 Å². The van der Waals surface area contributed by atoms with Gasteiger partial charge in [0.15, 0.2) is 0 Å². The van der Waals surface area contributed by atoms with Crippen molar-refractivity contribution in [1.82, 2.24) is 9.21 Å². The third kappa shape index (κ3) is 5.15. The van der Waals surface area contributed by atoms with Gasteiger partial charge in [0.1, 0.15) is 0 Å². The van der Waals surface area contributed by atoms with Gasteiger partial charge in [-0.15, -0.1) is 0 Å². The van der Waals surface area contributed by atoms with Crippen LogP contribution in [0.4, 0.5) is 5.69 Å². The van der Waals surface area contributed by atoms with Gasteiger partial charge in [0, 0.05) is 31.4 Å². The Kier molecular flexibility index (Phi) is 6.71. The number of sulfonamides is 1. The maximum Gasteiger partial charge on any atom is 0.243 e. The van der Waals surface area contributed by atoms with Gasteiger partial charge in [0.25, 0.3) is 0 Å². The second kappa shape index (κ2) is 9.48. The molecular weight excluding hydrogens is 414 g/mol. The van der Waals surface area contributed by atoms with Crippen LogP contribution in [0.25, 0.3) is 0 Å². The Hall–Kier alpha value is -2.26. The normalized spacial score (nSPS) is 20.2. The monoisotopic (exact) mass is 443 g/mol. The van der Waals surface area contributed by atoms with Crippen LogP contribution in [0.1, 0.15) is 17.5 Å². The molecule has 8 heteroatoms. The lowest BCUT2D eigenvalue weighted by Crippen LogP contribution is -2.51. The third-order valence-corrected chi connectivity index (χ3v) is 8.03. The van der Waals surface area contributed by atoms with E-state index in [9.17, 15) is 13.2 Å². The topological polar surface area (TPSA) is 79.0 Å². The Bertz CT molecular complexity index is 1020. The van der Waals surface area contributed by atoms with Gasteiger partial charge in [0.2, 0.25) is 15.9 Å². The SMILES string of the molecule is Cc1ccc(NC(=O)CN2CCC2Cc2ccccc2)cc1S(=O)(=O)N1CCOCC1. The molecule has 1 atom stereocenters. The molecule has 4 rings (SSSR count). The molecule has 2 aliphatic heterocycles. The van der Waals surface area contributed by atoms with Crippen molar-refractivity contribution >= 4 is 21.6 Å². The number of anilines is 1. The van der Waals surface area contributed by atoms with Crippen molar-refractivity contribution in [2.24, 2.45) is 0 Å². The zero-order valence-corrected chi connectivity index (χ0v) is 18.6. The van der Waals surface area contributed by atoms with Gasteiger partial charge in [-0.05, 0) is 43.0 Å². The number of ether oxygens (including phenoxy) is 1. The number of carbonyl (C=O) groups is 1. The highest BCUT2D eigenvalue weighted by atomic mass is 32.2. The molecule has 0 aliphatic carbocycles. The minimum absolute atomic E-state index is 0.128. The molecule has 7 nitrogen and oxygen atoms in total. The van der Waals surface area contributed by atoms with Crippen molar-refractivity contribution in [1.29, 1.82) is 0 Å². The first-order valence-corrected chi connectivity index (χ1v) is 12.1. The fourth-order valence-corrected chi connectivity index (χ4v) is 5.75. The van der Waals surface area contributed by atoms with Crippen LogP contribution < -0.4 is 5.32 Å². The van der Waals surface area contributed by atoms with Crippen LogP contribution in [0.15, 0.2) is 53.4 Å². The number of amides is 1. The molecule has 166 valence electrons. The van der Waals surface area contributed by atoms with Gasteiger partial charge in [-0.3, -0.25) is 9.69 Å². The Morgan fingerprint density at radius 3 is 2.52 bits per heavy atom. The first-order valence-electron chi connectivity index (χ1n) is 10.7. The van der Waals surface area contributed by atoms with Gasteiger partial charge >= 0.3 is 0 Å². The van der Waals surface area contributed by atoms with Crippen LogP contribution in [0, 0.1) is 6.92 Å². The molecule has 2 aromatic rings. The minimum Gasteiger partial charge on any atom is -0.379 e. The van der Waals surface area contributed by atoms with Crippen molar-refractivity contribution in [3.63, 3.8) is 0 Å². The molecule has 1 amide bonds. The average molecular weight is 444 g/mol. The van der Waals surface area contributed by atoms with Crippen LogP contribution in [-0.4, -0.2) is 69.0 Å². The lowest BCUT2D eigenvalue weighted by molar-refractivity contribution is -0.119. The van der Waals surface area contributed by atoms with Crippen LogP contribution in [0.3, 0.4) is 0 Å². The second-order valence-electron chi connectivity index (χ2n) is 8.15. The predicted octanol–water partition coefficient (Wildman–Crippen LogP) is 2.27. The van der Waals surface area contributed by atoms with E-state index in [2.05, 4.69) is 22.3 Å². The molecule has 1 unspecified atom stereocenters. The van der Waals surface area contributed by atoms with Gasteiger partial charge in [-0.25, -0.2) is 8.42 Å². The Balaban J connectivity index is 1.39. The van der Waals surface area contributed by atoms with Crippen LogP contribution >= 0.6 is 0 Å². The first kappa shape index (κ1) is 22.0. The fourth-order valence-electron chi connectivity index (χ4n) is 4.09. The van der Waals surface area contributed by atoms with E-state index < -0.39 is 10.0 Å². The molecule has 2 saturated heterocycles. The summed E-state index contributed by atoms with van der Waals surface area (Å²) in [5, 5.41) is 2.88. The highest BCUT2D eigenvalue weighted by Crippen LogP contribution is 2.25. The molecule has 2 aromatic carbocycles. The maximum absolute atomic E-state index is 13.0. The lowest BCUT2D eigenvalue weighted by Gasteiger charge is -2.40. The summed E-state index contributed by atoms with van der Waals surface area (Å²) in [5.74, 6) is -0.128. The highest BCUT2D eigenvalue weighted by Gasteiger charge is 2.30. The minimum atomic E-state index is -3.62. The van der Waals surface area contributed by atoms with E-state index in [1.165, 1.54) is 9.87 Å². The molecule has 0 aromatic heterocycles. The van der Waals surface area contributed by atoms with Gasteiger partial charge < -0.3 is 10.1 Å². The zero-order chi connectivity index (χ0) is 21.8. The molecule has 0 saturated carbocycles. The number of likely N-dealkylation sites (tertiary alicyclic amines) is 1. The summed E-state index contributed by atoms with van der Waals surface area (Å²) >= 11 is 0. The summed E-state index contributed by atoms with van der Waals surface area (Å²) in [6.45, 7) is 4.45. The van der Waals surface area contributed by atoms with E-state index in [0.717, 1.165) is 19.4 Å². The van der Waals surface area contributed by atoms with Crippen molar-refractivity contribution in [2.45, 2.75) is 30.7 Å². The van der Waals surface area contributed by atoms with Crippen molar-refractivity contribution in [2.75, 3.05) is 44.7 Å². The molecule has 0 spiro atoms. The molecule has 0 radical (unpaired) electrons. The largest absolute Gasteiger partial charge is 0.379 e. The summed E-state index contributed by atoms with van der Waals surface area (Å²) < 4.78 is 32.8. The third-order valence-electron chi connectivity index (χ3n) is 5.99. The van der Waals surface area contributed by atoms with Crippen LogP contribution in [0.2, 0.25) is 0 Å². The van der Waals surface area contributed by atoms with Crippen molar-refractivity contribution < 1.29 is 17.9 Å². The lowest BCUT2D eigenvalue weighted by atomic mass is 9.95. The van der Waals surface area contributed by atoms with Gasteiger partial charge in [-0.1, -0.05) is 36.4 Å². The Morgan fingerprint density at radius 1 is 1.10 bits per heavy atom. The summed E-state index contributed by atoms with van der Waals surface area (Å²) in [4.78, 5) is 15.0. The number of benzene rings is 2. The van der Waals surface area contributed by atoms with E-state index in [1.807, 2.05) is 18.2 Å². The number of rotatable bonds is 7. The van der Waals surface area contributed by atoms with E-state index in [0.29, 0.717) is 50.1 Å². The molecular formula is C23H29N3O4S. The first-order chi connectivity index (χ1) is 14.9. The molecule has 2 fully saturated rings. The number of hydrogen-bond acceptors (Lipinski definition) is 5. The quantitative estimate of drug-likeness (QED) is 0.710. The number of carbonyl (C=O) groups excluding carboxylic acids is 1. The van der Waals surface area contributed by atoms with E-state index in [1.54, 1.807) is 25.1 Å². The predicted molar refractivity (Wildman–Crippen MR) is 120 cm³/mol. The molecule has 0 bridgehead atoms. The van der Waals surface area contributed by atoms with Crippen LogP contribution in [0.5, 0.6) is 0 Å². The maximum atomic E-state index is 13.0. The Morgan fingerprint density at radius 2 is 1.84 bits per heavy atom. The number of nitrogens with zero attached hydrogens (tertiary/aromatic N) is 2.